The monoisotopic (exact) mass is 441 g/mol. The number of allylic oxidation sites excluding steroid dienone is 1. The van der Waals surface area contributed by atoms with Crippen LogP contribution in [0.3, 0.4) is 0 Å². The summed E-state index contributed by atoms with van der Waals surface area (Å²) >= 11 is 3.46. The Morgan fingerprint density at radius 1 is 1.25 bits per heavy atom. The molecule has 0 bridgehead atoms. The lowest BCUT2D eigenvalue weighted by Gasteiger charge is -2.20. The summed E-state index contributed by atoms with van der Waals surface area (Å²) in [6.07, 6.45) is 5.45. The van der Waals surface area contributed by atoms with Crippen molar-refractivity contribution < 1.29 is 9.59 Å². The van der Waals surface area contributed by atoms with Crippen LogP contribution in [-0.2, 0) is 13.0 Å². The Kier molecular flexibility index (Phi) is 5.15. The third kappa shape index (κ3) is 3.92. The van der Waals surface area contributed by atoms with Crippen molar-refractivity contribution in [3.05, 3.63) is 69.1 Å². The molecule has 0 atom stereocenters. The van der Waals surface area contributed by atoms with Gasteiger partial charge in [0.2, 0.25) is 5.78 Å². The zero-order chi connectivity index (χ0) is 19.8. The second-order valence-corrected chi connectivity index (χ2v) is 8.73. The summed E-state index contributed by atoms with van der Waals surface area (Å²) in [6, 6.07) is 10.2. The minimum Gasteiger partial charge on any atom is -0.383 e. The summed E-state index contributed by atoms with van der Waals surface area (Å²) in [5, 5.41) is 3.07. The van der Waals surface area contributed by atoms with Gasteiger partial charge in [-0.25, -0.2) is 0 Å². The van der Waals surface area contributed by atoms with Gasteiger partial charge in [-0.15, -0.1) is 0 Å². The van der Waals surface area contributed by atoms with E-state index in [2.05, 4.69) is 21.2 Å². The number of hydrogen-bond donors (Lipinski definition) is 1. The summed E-state index contributed by atoms with van der Waals surface area (Å²) in [5.74, 6) is -0.0579. The largest absolute Gasteiger partial charge is 0.383 e. The van der Waals surface area contributed by atoms with Crippen molar-refractivity contribution in [2.75, 3.05) is 14.1 Å². The molecular weight excluding hydrogens is 418 g/mol. The predicted octanol–water partition coefficient (Wildman–Crippen LogP) is 3.77. The van der Waals surface area contributed by atoms with Gasteiger partial charge in [0.25, 0.3) is 5.91 Å². The molecule has 4 rings (SSSR count). The highest BCUT2D eigenvalue weighted by Crippen LogP contribution is 2.30. The Morgan fingerprint density at radius 3 is 2.61 bits per heavy atom. The van der Waals surface area contributed by atoms with Gasteiger partial charge in [-0.05, 0) is 55.0 Å². The zero-order valence-corrected chi connectivity index (χ0v) is 17.8. The number of rotatable bonds is 5. The average Bonchev–Trinajstić information content (AvgIpc) is 3.38. The first-order valence-electron chi connectivity index (χ1n) is 9.62. The molecule has 5 nitrogen and oxygen atoms in total. The molecule has 0 aliphatic heterocycles. The van der Waals surface area contributed by atoms with Gasteiger partial charge in [-0.1, -0.05) is 28.1 Å². The molecule has 2 aliphatic carbocycles. The van der Waals surface area contributed by atoms with Crippen molar-refractivity contribution >= 4 is 27.6 Å². The summed E-state index contributed by atoms with van der Waals surface area (Å²) in [6.45, 7) is 0.497. The van der Waals surface area contributed by atoms with Gasteiger partial charge in [0.05, 0.1) is 5.69 Å². The van der Waals surface area contributed by atoms with E-state index in [1.165, 1.54) is 0 Å². The SMILES string of the molecule is CN(C)/C=C1\CCc2cc(C(=O)NC3CC3)n(Cc3ccc(Br)cc3)c2C1=O. The molecule has 0 saturated heterocycles. The molecule has 1 N–H and O–H groups in total. The first-order valence-corrected chi connectivity index (χ1v) is 10.4. The lowest BCUT2D eigenvalue weighted by molar-refractivity contribution is 0.0942. The normalized spacial score (nSPS) is 17.5. The maximum absolute atomic E-state index is 13.2. The van der Waals surface area contributed by atoms with Crippen LogP contribution in [0.15, 0.2) is 46.6 Å². The highest BCUT2D eigenvalue weighted by Gasteiger charge is 2.32. The third-order valence-corrected chi connectivity index (χ3v) is 5.69. The highest BCUT2D eigenvalue weighted by atomic mass is 79.9. The van der Waals surface area contributed by atoms with Crippen LogP contribution >= 0.6 is 15.9 Å². The van der Waals surface area contributed by atoms with Gasteiger partial charge < -0.3 is 14.8 Å². The smallest absolute Gasteiger partial charge is 0.268 e. The Hall–Kier alpha value is -2.34. The van der Waals surface area contributed by atoms with Gasteiger partial charge >= 0.3 is 0 Å². The van der Waals surface area contributed by atoms with Crippen molar-refractivity contribution in [1.82, 2.24) is 14.8 Å². The molecule has 0 radical (unpaired) electrons. The van der Waals surface area contributed by atoms with Crippen molar-refractivity contribution in [3.8, 4) is 0 Å². The van der Waals surface area contributed by atoms with Crippen molar-refractivity contribution in [3.63, 3.8) is 0 Å². The summed E-state index contributed by atoms with van der Waals surface area (Å²) in [5.41, 5.74) is 4.06. The van der Waals surface area contributed by atoms with E-state index in [1.807, 2.05) is 60.1 Å². The van der Waals surface area contributed by atoms with Crippen LogP contribution in [0.1, 0.15) is 51.4 Å². The minimum absolute atomic E-state index is 0.0255. The predicted molar refractivity (Wildman–Crippen MR) is 113 cm³/mol. The number of nitrogens with one attached hydrogen (secondary N) is 1. The first kappa shape index (κ1) is 19.0. The van der Waals surface area contributed by atoms with E-state index in [-0.39, 0.29) is 17.7 Å². The fourth-order valence-electron chi connectivity index (χ4n) is 3.65. The van der Waals surface area contributed by atoms with Crippen LogP contribution in [0.5, 0.6) is 0 Å². The quantitative estimate of drug-likeness (QED) is 0.718. The maximum Gasteiger partial charge on any atom is 0.268 e. The molecule has 1 aromatic heterocycles. The molecule has 0 unspecified atom stereocenters. The summed E-state index contributed by atoms with van der Waals surface area (Å²) in [7, 11) is 3.84. The maximum atomic E-state index is 13.2. The second kappa shape index (κ2) is 7.59. The van der Waals surface area contributed by atoms with Gasteiger partial charge in [0, 0.05) is 42.9 Å². The second-order valence-electron chi connectivity index (χ2n) is 7.81. The molecule has 6 heteroatoms. The molecule has 1 fully saturated rings. The Balaban J connectivity index is 1.76. The van der Waals surface area contributed by atoms with Gasteiger partial charge in [-0.3, -0.25) is 9.59 Å². The van der Waals surface area contributed by atoms with E-state index in [4.69, 9.17) is 0 Å². The molecule has 2 aliphatic rings. The lowest BCUT2D eigenvalue weighted by atomic mass is 9.92. The van der Waals surface area contributed by atoms with Crippen LogP contribution in [-0.4, -0.2) is 41.3 Å². The van der Waals surface area contributed by atoms with Crippen molar-refractivity contribution in [2.45, 2.75) is 38.3 Å². The van der Waals surface area contributed by atoms with Gasteiger partial charge in [-0.2, -0.15) is 0 Å². The van der Waals surface area contributed by atoms with E-state index in [0.717, 1.165) is 40.4 Å². The first-order chi connectivity index (χ1) is 13.4. The number of amides is 1. The Labute approximate surface area is 173 Å². The van der Waals surface area contributed by atoms with E-state index >= 15 is 0 Å². The van der Waals surface area contributed by atoms with Crippen LogP contribution in [0.2, 0.25) is 0 Å². The fourth-order valence-corrected chi connectivity index (χ4v) is 3.91. The van der Waals surface area contributed by atoms with Crippen molar-refractivity contribution in [1.29, 1.82) is 0 Å². The molecule has 1 aromatic carbocycles. The standard InChI is InChI=1S/C22H24BrN3O2/c1-25(2)13-16-6-5-15-11-19(22(28)24-18-9-10-18)26(20(15)21(16)27)12-14-3-7-17(23)8-4-14/h3-4,7-8,11,13,18H,5-6,9-10,12H2,1-2H3,(H,24,28)/b16-13+. The van der Waals surface area contributed by atoms with E-state index < -0.39 is 0 Å². The number of fused-ring (bicyclic) bond motifs is 1. The third-order valence-electron chi connectivity index (χ3n) is 5.16. The lowest BCUT2D eigenvalue weighted by Crippen LogP contribution is -2.29. The van der Waals surface area contributed by atoms with E-state index in [0.29, 0.717) is 24.4 Å². The molecular formula is C22H24BrN3O2. The van der Waals surface area contributed by atoms with Crippen LogP contribution < -0.4 is 5.32 Å². The molecule has 146 valence electrons. The number of nitrogens with zero attached hydrogens (tertiary/aromatic N) is 2. The number of carbonyl (C=O) groups is 2. The summed E-state index contributed by atoms with van der Waals surface area (Å²) in [4.78, 5) is 28.0. The molecule has 1 heterocycles. The number of ketones is 1. The Morgan fingerprint density at radius 2 is 1.96 bits per heavy atom. The summed E-state index contributed by atoms with van der Waals surface area (Å²) < 4.78 is 2.91. The molecule has 28 heavy (non-hydrogen) atoms. The topological polar surface area (TPSA) is 54.3 Å². The number of benzene rings is 1. The van der Waals surface area contributed by atoms with Gasteiger partial charge in [0.1, 0.15) is 5.69 Å². The number of aromatic nitrogens is 1. The fraction of sp³-hybridized carbons (Fsp3) is 0.364. The zero-order valence-electron chi connectivity index (χ0n) is 16.2. The van der Waals surface area contributed by atoms with E-state index in [9.17, 15) is 9.59 Å². The number of carbonyl (C=O) groups excluding carboxylic acids is 2. The molecule has 1 amide bonds. The van der Waals surface area contributed by atoms with E-state index in [1.54, 1.807) is 0 Å². The number of aryl methyl sites for hydroxylation is 1. The molecule has 0 spiro atoms. The van der Waals surface area contributed by atoms with Crippen molar-refractivity contribution in [2.24, 2.45) is 0 Å². The van der Waals surface area contributed by atoms with Gasteiger partial charge in [0.15, 0.2) is 0 Å². The molecule has 2 aromatic rings. The van der Waals surface area contributed by atoms with Crippen LogP contribution in [0, 0.1) is 0 Å². The van der Waals surface area contributed by atoms with Crippen LogP contribution in [0.4, 0.5) is 0 Å². The average molecular weight is 442 g/mol. The minimum atomic E-state index is -0.0834. The number of hydrogen-bond acceptors (Lipinski definition) is 3. The van der Waals surface area contributed by atoms with Crippen LogP contribution in [0.25, 0.3) is 0 Å². The molecule has 1 saturated carbocycles. The highest BCUT2D eigenvalue weighted by molar-refractivity contribution is 9.10. The number of halogens is 1. The number of Topliss-reactive ketones (excluding diaryl/α,β-unsaturated/α-hetero) is 1. The Bertz CT molecular complexity index is 953.